The molecule has 3 aromatic carbocycles. The van der Waals surface area contributed by atoms with E-state index in [0.29, 0.717) is 28.7 Å². The smallest absolute Gasteiger partial charge is 0.338 e. The third-order valence-electron chi connectivity index (χ3n) is 12.0. The molecule has 0 aromatic heterocycles. The van der Waals surface area contributed by atoms with E-state index >= 15 is 0 Å². The molecule has 53 heavy (non-hydrogen) atoms. The van der Waals surface area contributed by atoms with Crippen LogP contribution in [-0.2, 0) is 28.5 Å². The van der Waals surface area contributed by atoms with Crippen LogP contribution in [0.2, 0.25) is 0 Å². The fraction of sp³-hybridized carbons (Fsp3) is 0.442. The Balaban J connectivity index is 1.39. The van der Waals surface area contributed by atoms with Crippen molar-refractivity contribution in [1.29, 1.82) is 0 Å². The van der Waals surface area contributed by atoms with Crippen molar-refractivity contribution in [3.05, 3.63) is 119 Å². The van der Waals surface area contributed by atoms with Crippen molar-refractivity contribution < 1.29 is 48.0 Å². The molecule has 3 aliphatic carbocycles. The number of rotatable bonds is 7. The Morgan fingerprint density at radius 3 is 1.68 bits per heavy atom. The molecule has 4 aliphatic rings. The van der Waals surface area contributed by atoms with E-state index in [2.05, 4.69) is 0 Å². The van der Waals surface area contributed by atoms with E-state index in [-0.39, 0.29) is 5.92 Å². The maximum atomic E-state index is 13.9. The van der Waals surface area contributed by atoms with Gasteiger partial charge in [-0.1, -0.05) is 82.3 Å². The number of esters is 4. The molecule has 1 N–H and O–H groups in total. The lowest BCUT2D eigenvalue weighted by atomic mass is 9.79. The number of epoxide rings is 1. The molecule has 7 rings (SSSR count). The van der Waals surface area contributed by atoms with E-state index in [0.717, 1.165) is 0 Å². The number of hydrogen-bond donors (Lipinski definition) is 1. The zero-order valence-corrected chi connectivity index (χ0v) is 30.8. The molecule has 2 saturated carbocycles. The summed E-state index contributed by atoms with van der Waals surface area (Å²) in [6.07, 6.45) is -2.92. The Labute approximate surface area is 309 Å². The summed E-state index contributed by atoms with van der Waals surface area (Å²) in [6.45, 7) is 10.9. The number of aliphatic hydroxyl groups excluding tert-OH is 1. The average Bonchev–Trinajstić information content (AvgIpc) is 3.94. The summed E-state index contributed by atoms with van der Waals surface area (Å²) >= 11 is 0. The first-order valence-electron chi connectivity index (χ1n) is 18.2. The van der Waals surface area contributed by atoms with Crippen LogP contribution in [0.4, 0.5) is 0 Å². The second-order valence-electron chi connectivity index (χ2n) is 15.7. The van der Waals surface area contributed by atoms with Crippen LogP contribution < -0.4 is 0 Å². The molecule has 11 atom stereocenters. The van der Waals surface area contributed by atoms with Gasteiger partial charge in [-0.3, -0.25) is 4.79 Å². The molecule has 3 aromatic rings. The fourth-order valence-electron chi connectivity index (χ4n) is 9.35. The molecule has 10 heteroatoms. The standard InChI is InChI=1S/C43H46O10/c1-24-22-43-37(52-40(48)30-20-14-9-15-21-30)25(2)23-42(43,53-43)36(45)26(3)34(49-27(4)44)31-32(41(31,5)6)35(51-39(47)29-18-12-8-13-19-29)33(24)50-38(46)28-16-10-7-11-17-28/h7-22,25-26,31-37,45H,23H2,1-6H3/b24-22+. The molecular weight excluding hydrogens is 676 g/mol. The lowest BCUT2D eigenvalue weighted by molar-refractivity contribution is -0.155. The maximum absolute atomic E-state index is 13.9. The highest BCUT2D eigenvalue weighted by molar-refractivity contribution is 5.91. The monoisotopic (exact) mass is 722 g/mol. The molecule has 0 radical (unpaired) electrons. The summed E-state index contributed by atoms with van der Waals surface area (Å²) in [5.41, 5.74) is -1.70. The SMILES string of the molecule is CC(=O)OC1C(C)C(O)C23CC(C)C(OC(=O)c4ccccc4)C2(/C=C(\C)C(OC(=O)c2ccccc2)C(OC(=O)c2ccccc2)C2C1C2(C)C)O3. The largest absolute Gasteiger partial charge is 0.462 e. The van der Waals surface area contributed by atoms with Gasteiger partial charge >= 0.3 is 23.9 Å². The molecule has 0 bridgehead atoms. The molecule has 10 nitrogen and oxygen atoms in total. The van der Waals surface area contributed by atoms with Crippen LogP contribution in [0.25, 0.3) is 0 Å². The van der Waals surface area contributed by atoms with E-state index in [1.54, 1.807) is 104 Å². The summed E-state index contributed by atoms with van der Waals surface area (Å²) in [7, 11) is 0. The number of benzene rings is 3. The Kier molecular flexibility index (Phi) is 9.35. The highest BCUT2D eigenvalue weighted by atomic mass is 16.7. The predicted octanol–water partition coefficient (Wildman–Crippen LogP) is 6.37. The van der Waals surface area contributed by atoms with Gasteiger partial charge in [0.2, 0.25) is 0 Å². The van der Waals surface area contributed by atoms with E-state index in [1.807, 2.05) is 27.7 Å². The second-order valence-corrected chi connectivity index (χ2v) is 15.7. The van der Waals surface area contributed by atoms with Crippen molar-refractivity contribution in [2.75, 3.05) is 0 Å². The minimum atomic E-state index is -1.34. The van der Waals surface area contributed by atoms with Gasteiger partial charge in [0, 0.05) is 24.7 Å². The van der Waals surface area contributed by atoms with Gasteiger partial charge in [0.1, 0.15) is 23.9 Å². The fourth-order valence-corrected chi connectivity index (χ4v) is 9.35. The molecule has 0 spiro atoms. The van der Waals surface area contributed by atoms with Crippen LogP contribution in [0.5, 0.6) is 0 Å². The Morgan fingerprint density at radius 2 is 1.17 bits per heavy atom. The summed E-state index contributed by atoms with van der Waals surface area (Å²) in [5.74, 6) is -4.13. The number of aliphatic hydroxyl groups is 1. The van der Waals surface area contributed by atoms with Crippen molar-refractivity contribution in [2.45, 2.75) is 89.7 Å². The van der Waals surface area contributed by atoms with Gasteiger partial charge in [-0.15, -0.1) is 0 Å². The summed E-state index contributed by atoms with van der Waals surface area (Å²) in [4.78, 5) is 54.1. The number of hydrogen-bond acceptors (Lipinski definition) is 10. The van der Waals surface area contributed by atoms with Gasteiger partial charge in [0.25, 0.3) is 0 Å². The van der Waals surface area contributed by atoms with Gasteiger partial charge in [-0.2, -0.15) is 0 Å². The Bertz CT molecular complexity index is 1910. The number of carbonyl (C=O) groups is 4. The van der Waals surface area contributed by atoms with Crippen molar-refractivity contribution in [1.82, 2.24) is 0 Å². The topological polar surface area (TPSA) is 138 Å². The quantitative estimate of drug-likeness (QED) is 0.127. The van der Waals surface area contributed by atoms with Crippen LogP contribution in [0, 0.1) is 29.1 Å². The summed E-state index contributed by atoms with van der Waals surface area (Å²) < 4.78 is 31.8. The Morgan fingerprint density at radius 1 is 0.698 bits per heavy atom. The summed E-state index contributed by atoms with van der Waals surface area (Å²) in [6, 6.07) is 25.7. The lowest BCUT2D eigenvalue weighted by Gasteiger charge is -2.32. The van der Waals surface area contributed by atoms with E-state index in [4.69, 9.17) is 23.7 Å². The van der Waals surface area contributed by atoms with Crippen molar-refractivity contribution in [3.8, 4) is 0 Å². The van der Waals surface area contributed by atoms with Gasteiger partial charge in [-0.25, -0.2) is 14.4 Å². The first kappa shape index (κ1) is 36.6. The molecule has 278 valence electrons. The zero-order valence-electron chi connectivity index (χ0n) is 30.8. The van der Waals surface area contributed by atoms with Crippen molar-refractivity contribution in [3.63, 3.8) is 0 Å². The van der Waals surface area contributed by atoms with E-state index in [9.17, 15) is 24.3 Å². The highest BCUT2D eigenvalue weighted by Gasteiger charge is 2.83. The van der Waals surface area contributed by atoms with Gasteiger partial charge in [0.05, 0.1) is 22.8 Å². The van der Waals surface area contributed by atoms with Crippen LogP contribution in [-0.4, -0.2) is 70.7 Å². The number of carbonyl (C=O) groups excluding carboxylic acids is 4. The third kappa shape index (κ3) is 6.25. The zero-order chi connectivity index (χ0) is 37.9. The molecule has 11 unspecified atom stereocenters. The van der Waals surface area contributed by atoms with Crippen LogP contribution in [0.15, 0.2) is 103 Å². The van der Waals surface area contributed by atoms with E-state index in [1.165, 1.54) is 6.92 Å². The molecule has 1 saturated heterocycles. The second kappa shape index (κ2) is 13.6. The van der Waals surface area contributed by atoms with Crippen LogP contribution >= 0.6 is 0 Å². The van der Waals surface area contributed by atoms with E-state index < -0.39 is 88.8 Å². The first-order valence-corrected chi connectivity index (χ1v) is 18.2. The lowest BCUT2D eigenvalue weighted by Crippen LogP contribution is -2.46. The molecular formula is C43H46O10. The van der Waals surface area contributed by atoms with Gasteiger partial charge in [-0.05, 0) is 72.7 Å². The van der Waals surface area contributed by atoms with Gasteiger partial charge < -0.3 is 28.8 Å². The first-order chi connectivity index (χ1) is 25.2. The molecule has 1 heterocycles. The molecule has 0 amide bonds. The number of ether oxygens (including phenoxy) is 5. The maximum Gasteiger partial charge on any atom is 0.338 e. The van der Waals surface area contributed by atoms with Gasteiger partial charge in [0.15, 0.2) is 11.7 Å². The van der Waals surface area contributed by atoms with Crippen LogP contribution in [0.3, 0.4) is 0 Å². The average molecular weight is 723 g/mol. The highest BCUT2D eigenvalue weighted by Crippen LogP contribution is 2.70. The minimum Gasteiger partial charge on any atom is -0.462 e. The normalized spacial score (nSPS) is 36.1. The third-order valence-corrected chi connectivity index (χ3v) is 12.0. The van der Waals surface area contributed by atoms with Crippen LogP contribution in [0.1, 0.15) is 79.0 Å². The van der Waals surface area contributed by atoms with Crippen molar-refractivity contribution in [2.24, 2.45) is 29.1 Å². The molecule has 3 fully saturated rings. The van der Waals surface area contributed by atoms with Crippen molar-refractivity contribution >= 4 is 23.9 Å². The summed E-state index contributed by atoms with van der Waals surface area (Å²) in [5, 5.41) is 12.4. The Hall–Kier alpha value is -4.80. The minimum absolute atomic E-state index is 0.264. The number of fused-ring (bicyclic) bond motifs is 1. The molecule has 1 aliphatic heterocycles. The predicted molar refractivity (Wildman–Crippen MR) is 193 cm³/mol.